The van der Waals surface area contributed by atoms with Gasteiger partial charge in [0, 0.05) is 6.61 Å². The molecule has 0 bridgehead atoms. The van der Waals surface area contributed by atoms with E-state index in [0.717, 1.165) is 42.4 Å². The molecule has 4 fully saturated rings. The van der Waals surface area contributed by atoms with Crippen molar-refractivity contribution < 1.29 is 9.84 Å². The van der Waals surface area contributed by atoms with Gasteiger partial charge >= 0.3 is 0 Å². The van der Waals surface area contributed by atoms with Gasteiger partial charge in [0.2, 0.25) is 0 Å². The number of ether oxygens (including phenoxy) is 1. The van der Waals surface area contributed by atoms with Gasteiger partial charge in [-0.05, 0) is 106 Å². The fraction of sp³-hybridized carbons (Fsp3) is 0.913. The third-order valence-corrected chi connectivity index (χ3v) is 8.87. The number of allylic oxidation sites excluding steroid dienone is 1. The van der Waals surface area contributed by atoms with E-state index in [1.807, 2.05) is 6.92 Å². The quantitative estimate of drug-likeness (QED) is 0.698. The first-order valence-electron chi connectivity index (χ1n) is 11.0. The summed E-state index contributed by atoms with van der Waals surface area (Å²) in [4.78, 5) is 0. The van der Waals surface area contributed by atoms with E-state index in [9.17, 15) is 5.11 Å². The molecule has 4 aliphatic rings. The van der Waals surface area contributed by atoms with Crippen molar-refractivity contribution in [3.63, 3.8) is 0 Å². The first-order chi connectivity index (χ1) is 12.0. The number of rotatable bonds is 3. The van der Waals surface area contributed by atoms with Crippen molar-refractivity contribution in [1.82, 2.24) is 0 Å². The summed E-state index contributed by atoms with van der Waals surface area (Å²) < 4.78 is 5.60. The predicted octanol–water partition coefficient (Wildman–Crippen LogP) is 5.35. The number of aliphatic hydroxyl groups is 1. The smallest absolute Gasteiger partial charge is 0.0883 e. The van der Waals surface area contributed by atoms with Crippen molar-refractivity contribution >= 4 is 0 Å². The Bertz CT molecular complexity index is 514. The van der Waals surface area contributed by atoms with Crippen molar-refractivity contribution in [1.29, 1.82) is 0 Å². The molecular formula is C23H38O2. The van der Waals surface area contributed by atoms with Gasteiger partial charge in [0.1, 0.15) is 0 Å². The second-order valence-electron chi connectivity index (χ2n) is 9.99. The zero-order valence-electron chi connectivity index (χ0n) is 16.4. The van der Waals surface area contributed by atoms with Gasteiger partial charge in [0.15, 0.2) is 0 Å². The van der Waals surface area contributed by atoms with Crippen molar-refractivity contribution in [2.45, 2.75) is 83.7 Å². The highest BCUT2D eigenvalue weighted by Gasteiger charge is 2.54. The minimum absolute atomic E-state index is 0.427. The Hall–Kier alpha value is -0.340. The van der Waals surface area contributed by atoms with Crippen LogP contribution in [0.2, 0.25) is 0 Å². The maximum atomic E-state index is 11.0. The normalized spacial score (nSPS) is 49.9. The first-order valence-corrected chi connectivity index (χ1v) is 11.0. The largest absolute Gasteiger partial charge is 0.387 e. The van der Waals surface area contributed by atoms with Gasteiger partial charge in [-0.25, -0.2) is 0 Å². The van der Waals surface area contributed by atoms with Crippen LogP contribution in [0.5, 0.6) is 0 Å². The molecule has 0 radical (unpaired) electrons. The van der Waals surface area contributed by atoms with Crippen LogP contribution in [0.3, 0.4) is 0 Å². The Morgan fingerprint density at radius 3 is 2.68 bits per heavy atom. The van der Waals surface area contributed by atoms with Crippen molar-refractivity contribution in [2.24, 2.45) is 35.0 Å². The van der Waals surface area contributed by atoms with Crippen molar-refractivity contribution in [3.05, 3.63) is 12.2 Å². The molecule has 0 aliphatic heterocycles. The molecule has 2 heteroatoms. The fourth-order valence-electron chi connectivity index (χ4n) is 7.50. The van der Waals surface area contributed by atoms with Crippen LogP contribution in [0.15, 0.2) is 12.2 Å². The van der Waals surface area contributed by atoms with Gasteiger partial charge in [0.05, 0.1) is 12.2 Å². The fourth-order valence-corrected chi connectivity index (χ4v) is 7.50. The zero-order chi connectivity index (χ0) is 17.7. The molecule has 4 saturated carbocycles. The van der Waals surface area contributed by atoms with Gasteiger partial charge in [-0.2, -0.15) is 0 Å². The minimum Gasteiger partial charge on any atom is -0.387 e. The van der Waals surface area contributed by atoms with E-state index in [2.05, 4.69) is 13.5 Å². The lowest BCUT2D eigenvalue weighted by atomic mass is 9.46. The molecule has 1 N–H and O–H groups in total. The third kappa shape index (κ3) is 3.02. The SMILES string of the molecule is C=C1CCC[C@H]2[C@@H]3CC[C@H]4C[C@@](O)(COCC)CC[C@@H]4[C@H]3CC[C@]12C. The molecule has 0 aromatic rings. The Kier molecular flexibility index (Phi) is 4.82. The Labute approximate surface area is 154 Å². The highest BCUT2D eigenvalue weighted by atomic mass is 16.5. The molecule has 0 amide bonds. The van der Waals surface area contributed by atoms with Gasteiger partial charge in [-0.15, -0.1) is 0 Å². The predicted molar refractivity (Wildman–Crippen MR) is 102 cm³/mol. The second kappa shape index (κ2) is 6.68. The molecule has 0 aromatic carbocycles. The standard InChI is InChI=1S/C23H38O2/c1-4-25-15-23(24)13-11-18-17(14-23)8-9-20-19(18)10-12-22(3)16(2)6-5-7-21(20)22/h17-21,24H,2,4-15H2,1,3H3/t17-,18-,19+,20+,21-,22+,23+/m0/s1. The molecule has 7 atom stereocenters. The second-order valence-corrected chi connectivity index (χ2v) is 9.99. The zero-order valence-corrected chi connectivity index (χ0v) is 16.4. The molecule has 2 nitrogen and oxygen atoms in total. The lowest BCUT2D eigenvalue weighted by Crippen LogP contribution is -2.53. The van der Waals surface area contributed by atoms with Gasteiger partial charge in [0.25, 0.3) is 0 Å². The molecule has 0 unspecified atom stereocenters. The average molecular weight is 347 g/mol. The van der Waals surface area contributed by atoms with Crippen LogP contribution in [0.25, 0.3) is 0 Å². The molecule has 4 rings (SSSR count). The molecule has 0 spiro atoms. The van der Waals surface area contributed by atoms with Crippen LogP contribution in [0.1, 0.15) is 78.1 Å². The summed E-state index contributed by atoms with van der Waals surface area (Å²) in [6, 6.07) is 0. The molecule has 142 valence electrons. The summed E-state index contributed by atoms with van der Waals surface area (Å²) >= 11 is 0. The van der Waals surface area contributed by atoms with E-state index >= 15 is 0 Å². The summed E-state index contributed by atoms with van der Waals surface area (Å²) in [5, 5.41) is 11.0. The molecule has 0 heterocycles. The van der Waals surface area contributed by atoms with Gasteiger partial charge in [-0.3, -0.25) is 0 Å². The average Bonchev–Trinajstić information content (AvgIpc) is 2.60. The van der Waals surface area contributed by atoms with E-state index < -0.39 is 5.60 Å². The number of hydrogen-bond acceptors (Lipinski definition) is 2. The minimum atomic E-state index is -0.549. The summed E-state index contributed by atoms with van der Waals surface area (Å²) in [6.45, 7) is 10.3. The molecule has 0 saturated heterocycles. The van der Waals surface area contributed by atoms with Crippen molar-refractivity contribution in [2.75, 3.05) is 13.2 Å². The number of hydrogen-bond donors (Lipinski definition) is 1. The van der Waals surface area contributed by atoms with Crippen LogP contribution in [0.4, 0.5) is 0 Å². The lowest BCUT2D eigenvalue weighted by molar-refractivity contribution is -0.128. The van der Waals surface area contributed by atoms with Crippen LogP contribution < -0.4 is 0 Å². The molecule has 0 aromatic heterocycles. The Balaban J connectivity index is 1.48. The van der Waals surface area contributed by atoms with E-state index in [4.69, 9.17) is 4.74 Å². The maximum absolute atomic E-state index is 11.0. The van der Waals surface area contributed by atoms with Gasteiger partial charge < -0.3 is 9.84 Å². The van der Waals surface area contributed by atoms with Crippen LogP contribution >= 0.6 is 0 Å². The van der Waals surface area contributed by atoms with Crippen LogP contribution in [-0.4, -0.2) is 23.9 Å². The number of fused-ring (bicyclic) bond motifs is 5. The Morgan fingerprint density at radius 2 is 1.88 bits per heavy atom. The molecule has 25 heavy (non-hydrogen) atoms. The lowest BCUT2D eigenvalue weighted by Gasteiger charge is -2.59. The monoisotopic (exact) mass is 346 g/mol. The van der Waals surface area contributed by atoms with Crippen LogP contribution in [0, 0.1) is 35.0 Å². The van der Waals surface area contributed by atoms with E-state index in [1.165, 1.54) is 51.4 Å². The maximum Gasteiger partial charge on any atom is 0.0883 e. The first kappa shape index (κ1) is 18.0. The highest BCUT2D eigenvalue weighted by molar-refractivity contribution is 5.18. The topological polar surface area (TPSA) is 29.5 Å². The summed E-state index contributed by atoms with van der Waals surface area (Å²) in [5.41, 5.74) is 1.43. The molecular weight excluding hydrogens is 308 g/mol. The summed E-state index contributed by atoms with van der Waals surface area (Å²) in [7, 11) is 0. The Morgan fingerprint density at radius 1 is 1.08 bits per heavy atom. The van der Waals surface area contributed by atoms with E-state index in [1.54, 1.807) is 5.57 Å². The third-order valence-electron chi connectivity index (χ3n) is 8.87. The van der Waals surface area contributed by atoms with Crippen molar-refractivity contribution in [3.8, 4) is 0 Å². The highest BCUT2D eigenvalue weighted by Crippen LogP contribution is 2.62. The summed E-state index contributed by atoms with van der Waals surface area (Å²) in [5.74, 6) is 4.32. The van der Waals surface area contributed by atoms with Gasteiger partial charge in [-0.1, -0.05) is 19.1 Å². The van der Waals surface area contributed by atoms with E-state index in [0.29, 0.717) is 18.6 Å². The molecule has 4 aliphatic carbocycles. The summed E-state index contributed by atoms with van der Waals surface area (Å²) in [6.07, 6.45) is 12.7. The van der Waals surface area contributed by atoms with Crippen LogP contribution in [-0.2, 0) is 4.74 Å². The van der Waals surface area contributed by atoms with E-state index in [-0.39, 0.29) is 0 Å².